The minimum absolute atomic E-state index is 0.802. The van der Waals surface area contributed by atoms with E-state index in [0.29, 0.717) is 0 Å². The van der Waals surface area contributed by atoms with Crippen LogP contribution >= 0.6 is 11.3 Å². The number of hydrogen-bond donors (Lipinski definition) is 0. The standard InChI is InChI=1S/C13H14N3S/c1-16-8-9-17-13(16)15-14-12-6-4-11(5-7-12)10-2-3-10/h4-10H,2-3H2,1H3/q+1. The topological polar surface area (TPSA) is 28.6 Å². The van der Waals surface area contributed by atoms with Gasteiger partial charge in [-0.3, -0.25) is 0 Å². The molecule has 86 valence electrons. The maximum atomic E-state index is 4.24. The van der Waals surface area contributed by atoms with E-state index in [1.54, 1.807) is 11.3 Å². The molecule has 3 nitrogen and oxygen atoms in total. The fraction of sp³-hybridized carbons (Fsp3) is 0.308. The zero-order valence-electron chi connectivity index (χ0n) is 9.71. The van der Waals surface area contributed by atoms with Gasteiger partial charge in [-0.25, -0.2) is 4.57 Å². The quantitative estimate of drug-likeness (QED) is 0.579. The molecule has 1 fully saturated rings. The first-order valence-corrected chi connectivity index (χ1v) is 6.66. The van der Waals surface area contributed by atoms with Crippen molar-refractivity contribution in [2.24, 2.45) is 17.3 Å². The van der Waals surface area contributed by atoms with Gasteiger partial charge in [0.15, 0.2) is 0 Å². The monoisotopic (exact) mass is 244 g/mol. The van der Waals surface area contributed by atoms with Gasteiger partial charge in [0, 0.05) is 5.38 Å². The minimum Gasteiger partial charge on any atom is -0.222 e. The Balaban J connectivity index is 1.76. The van der Waals surface area contributed by atoms with Gasteiger partial charge in [0.1, 0.15) is 11.9 Å². The van der Waals surface area contributed by atoms with E-state index >= 15 is 0 Å². The van der Waals surface area contributed by atoms with E-state index in [1.807, 2.05) is 35.3 Å². The first-order valence-electron chi connectivity index (χ1n) is 5.78. The highest BCUT2D eigenvalue weighted by Gasteiger charge is 2.22. The molecule has 0 radical (unpaired) electrons. The smallest absolute Gasteiger partial charge is 0.222 e. The van der Waals surface area contributed by atoms with E-state index in [2.05, 4.69) is 22.4 Å². The summed E-state index contributed by atoms with van der Waals surface area (Å²) < 4.78 is 1.97. The van der Waals surface area contributed by atoms with Crippen molar-refractivity contribution in [3.05, 3.63) is 41.4 Å². The van der Waals surface area contributed by atoms with Crippen LogP contribution in [0.15, 0.2) is 46.1 Å². The summed E-state index contributed by atoms with van der Waals surface area (Å²) in [5.74, 6) is 0.802. The summed E-state index contributed by atoms with van der Waals surface area (Å²) >= 11 is 1.59. The van der Waals surface area contributed by atoms with Crippen molar-refractivity contribution in [2.75, 3.05) is 0 Å². The molecule has 0 saturated heterocycles. The number of azo groups is 1. The summed E-state index contributed by atoms with van der Waals surface area (Å²) in [5.41, 5.74) is 2.36. The Morgan fingerprint density at radius 2 is 1.94 bits per heavy atom. The summed E-state index contributed by atoms with van der Waals surface area (Å²) in [6, 6.07) is 8.43. The van der Waals surface area contributed by atoms with Crippen LogP contribution in [0.4, 0.5) is 10.8 Å². The van der Waals surface area contributed by atoms with Crippen LogP contribution in [0.3, 0.4) is 0 Å². The average Bonchev–Trinajstić information content (AvgIpc) is 3.12. The molecule has 1 aliphatic carbocycles. The molecular weight excluding hydrogens is 230 g/mol. The first kappa shape index (κ1) is 10.6. The molecule has 1 aromatic heterocycles. The minimum atomic E-state index is 0.802. The Morgan fingerprint density at radius 1 is 1.18 bits per heavy atom. The molecule has 4 heteroatoms. The van der Waals surface area contributed by atoms with Crippen molar-refractivity contribution in [3.63, 3.8) is 0 Å². The number of hydrogen-bond acceptors (Lipinski definition) is 3. The second kappa shape index (κ2) is 4.37. The summed E-state index contributed by atoms with van der Waals surface area (Å²) in [5, 5.41) is 11.4. The van der Waals surface area contributed by atoms with E-state index in [9.17, 15) is 0 Å². The molecule has 0 atom stereocenters. The Bertz CT molecular complexity index is 538. The van der Waals surface area contributed by atoms with Gasteiger partial charge in [-0.1, -0.05) is 12.1 Å². The summed E-state index contributed by atoms with van der Waals surface area (Å²) in [6.45, 7) is 0. The van der Waals surface area contributed by atoms with Crippen LogP contribution in [-0.4, -0.2) is 0 Å². The third kappa shape index (κ3) is 2.42. The van der Waals surface area contributed by atoms with E-state index in [4.69, 9.17) is 0 Å². The van der Waals surface area contributed by atoms with Crippen molar-refractivity contribution < 1.29 is 4.57 Å². The molecule has 0 spiro atoms. The first-order chi connectivity index (χ1) is 8.33. The molecule has 1 heterocycles. The van der Waals surface area contributed by atoms with Gasteiger partial charge in [0.2, 0.25) is 0 Å². The Labute approximate surface area is 104 Å². The predicted octanol–water partition coefficient (Wildman–Crippen LogP) is 3.87. The van der Waals surface area contributed by atoms with E-state index < -0.39 is 0 Å². The number of aryl methyl sites for hydroxylation is 1. The van der Waals surface area contributed by atoms with Crippen LogP contribution in [0.25, 0.3) is 0 Å². The van der Waals surface area contributed by atoms with Crippen LogP contribution in [0.1, 0.15) is 24.3 Å². The van der Waals surface area contributed by atoms with Gasteiger partial charge in [-0.05, 0) is 52.9 Å². The highest BCUT2D eigenvalue weighted by molar-refractivity contribution is 7.12. The number of rotatable bonds is 3. The molecule has 2 aromatic rings. The molecule has 0 bridgehead atoms. The van der Waals surface area contributed by atoms with Crippen LogP contribution in [0, 0.1) is 0 Å². The average molecular weight is 244 g/mol. The van der Waals surface area contributed by atoms with Crippen LogP contribution in [0.5, 0.6) is 0 Å². The van der Waals surface area contributed by atoms with Gasteiger partial charge < -0.3 is 0 Å². The van der Waals surface area contributed by atoms with E-state index in [0.717, 1.165) is 16.7 Å². The number of benzene rings is 1. The fourth-order valence-corrected chi connectivity index (χ4v) is 2.43. The van der Waals surface area contributed by atoms with E-state index in [-0.39, 0.29) is 0 Å². The second-order valence-corrected chi connectivity index (χ2v) is 5.24. The highest BCUT2D eigenvalue weighted by Crippen LogP contribution is 2.40. The lowest BCUT2D eigenvalue weighted by Crippen LogP contribution is -2.23. The lowest BCUT2D eigenvalue weighted by atomic mass is 10.1. The normalized spacial score (nSPS) is 15.6. The molecule has 0 unspecified atom stereocenters. The third-order valence-corrected chi connectivity index (χ3v) is 3.79. The summed E-state index contributed by atoms with van der Waals surface area (Å²) in [7, 11) is 1.97. The number of nitrogens with zero attached hydrogens (tertiary/aromatic N) is 3. The Morgan fingerprint density at radius 3 is 2.53 bits per heavy atom. The fourth-order valence-electron chi connectivity index (χ4n) is 1.75. The molecule has 1 saturated carbocycles. The molecule has 0 N–H and O–H groups in total. The summed E-state index contributed by atoms with van der Waals surface area (Å²) in [4.78, 5) is 0. The zero-order chi connectivity index (χ0) is 11.7. The summed E-state index contributed by atoms with van der Waals surface area (Å²) in [6.07, 6.45) is 4.66. The maximum Gasteiger partial charge on any atom is 0.408 e. The van der Waals surface area contributed by atoms with Crippen molar-refractivity contribution in [1.82, 2.24) is 0 Å². The molecule has 1 aromatic carbocycles. The Hall–Kier alpha value is -1.55. The molecule has 1 aliphatic rings. The van der Waals surface area contributed by atoms with Crippen molar-refractivity contribution in [1.29, 1.82) is 0 Å². The number of thiazole rings is 1. The largest absolute Gasteiger partial charge is 0.408 e. The van der Waals surface area contributed by atoms with Crippen LogP contribution in [-0.2, 0) is 7.05 Å². The molecule has 17 heavy (non-hydrogen) atoms. The second-order valence-electron chi connectivity index (χ2n) is 4.36. The van der Waals surface area contributed by atoms with Gasteiger partial charge >= 0.3 is 5.13 Å². The van der Waals surface area contributed by atoms with E-state index in [1.165, 1.54) is 18.4 Å². The number of aromatic nitrogens is 1. The Kier molecular flexibility index (Phi) is 2.73. The zero-order valence-corrected chi connectivity index (χ0v) is 10.5. The highest BCUT2D eigenvalue weighted by atomic mass is 32.1. The van der Waals surface area contributed by atoms with Gasteiger partial charge in [-0.2, -0.15) is 0 Å². The van der Waals surface area contributed by atoms with Gasteiger partial charge in [0.25, 0.3) is 0 Å². The van der Waals surface area contributed by atoms with Crippen molar-refractivity contribution in [2.45, 2.75) is 18.8 Å². The van der Waals surface area contributed by atoms with Crippen molar-refractivity contribution in [3.8, 4) is 0 Å². The molecule has 3 rings (SSSR count). The maximum absolute atomic E-state index is 4.24. The van der Waals surface area contributed by atoms with Gasteiger partial charge in [-0.15, -0.1) is 0 Å². The SMILES string of the molecule is C[n+]1ccsc1N=Nc1ccc(C2CC2)cc1. The van der Waals surface area contributed by atoms with Crippen molar-refractivity contribution >= 4 is 22.2 Å². The third-order valence-electron chi connectivity index (χ3n) is 2.95. The van der Waals surface area contributed by atoms with Gasteiger partial charge in [0.05, 0.1) is 12.2 Å². The van der Waals surface area contributed by atoms with Crippen LogP contribution in [0.2, 0.25) is 0 Å². The predicted molar refractivity (Wildman–Crippen MR) is 68.1 cm³/mol. The van der Waals surface area contributed by atoms with Crippen LogP contribution < -0.4 is 4.57 Å². The molecular formula is C13H14N3S+. The molecule has 0 aliphatic heterocycles. The molecule has 0 amide bonds. The lowest BCUT2D eigenvalue weighted by Gasteiger charge is -1.95. The lowest BCUT2D eigenvalue weighted by molar-refractivity contribution is -0.654.